The summed E-state index contributed by atoms with van der Waals surface area (Å²) in [7, 11) is 9.87. The fraction of sp³-hybridized carbons (Fsp3) is 0.182. The van der Waals surface area contributed by atoms with Crippen LogP contribution in [-0.4, -0.2) is 5.11 Å². The molecule has 0 aliphatic heterocycles. The van der Waals surface area contributed by atoms with Crippen LogP contribution in [0.3, 0.4) is 0 Å². The van der Waals surface area contributed by atoms with Crippen LogP contribution in [0.25, 0.3) is 0 Å². The van der Waals surface area contributed by atoms with Gasteiger partial charge in [-0.3, -0.25) is 0 Å². The number of rotatable bonds is 4. The molecule has 0 aromatic heterocycles. The van der Waals surface area contributed by atoms with Gasteiger partial charge in [0.15, 0.2) is 0 Å². The van der Waals surface area contributed by atoms with Crippen molar-refractivity contribution in [3.63, 3.8) is 0 Å². The first-order valence-corrected chi connectivity index (χ1v) is 15.3. The van der Waals surface area contributed by atoms with Crippen LogP contribution in [-0.2, 0) is 26.3 Å². The minimum atomic E-state index is -0.826. The number of halogens is 2. The van der Waals surface area contributed by atoms with Crippen molar-refractivity contribution in [3.8, 4) is 5.75 Å². The Balaban J connectivity index is 0.000000941. The van der Waals surface area contributed by atoms with E-state index in [0.29, 0.717) is 5.69 Å². The number of aromatic hydroxyl groups is 1. The molecule has 4 nitrogen and oxygen atoms in total. The molecular weight excluding hydrogens is 484 g/mol. The molecule has 0 amide bonds. The monoisotopic (exact) mass is 505 g/mol. The summed E-state index contributed by atoms with van der Waals surface area (Å²) in [5.74, 6) is 0.171. The quantitative estimate of drug-likeness (QED) is 0.288. The second-order valence-electron chi connectivity index (χ2n) is 7.17. The molecule has 3 aromatic carbocycles. The van der Waals surface area contributed by atoms with Gasteiger partial charge in [0.05, 0.1) is 11.4 Å². The van der Waals surface area contributed by atoms with Crippen molar-refractivity contribution in [1.82, 2.24) is 0 Å². The number of phenols is 1. The van der Waals surface area contributed by atoms with Crippen molar-refractivity contribution >= 4 is 34.1 Å². The molecule has 3 rings (SSSR count). The number of hydrogen-bond donors (Lipinski definition) is 1. The molecule has 1 N–H and O–H groups in total. The van der Waals surface area contributed by atoms with Gasteiger partial charge < -0.3 is 5.11 Å². The predicted octanol–water partition coefficient (Wildman–Crippen LogP) is 7.90. The Hall–Kier alpha value is -1.68. The van der Waals surface area contributed by atoms with Gasteiger partial charge in [-0.15, -0.1) is 5.11 Å². The van der Waals surface area contributed by atoms with Crippen LogP contribution in [0, 0.1) is 0 Å². The van der Waals surface area contributed by atoms with E-state index in [0.717, 1.165) is 16.9 Å². The molecule has 0 heterocycles. The summed E-state index contributed by atoms with van der Waals surface area (Å²) < 4.78 is 0. The van der Waals surface area contributed by atoms with Gasteiger partial charge in [-0.05, 0) is 35.7 Å². The number of benzene rings is 3. The fourth-order valence-corrected chi connectivity index (χ4v) is 2.70. The Morgan fingerprint density at radius 2 is 1.28 bits per heavy atom. The van der Waals surface area contributed by atoms with E-state index in [1.165, 1.54) is 0 Å². The molecular formula is C22H23Cl2N3OZr. The maximum atomic E-state index is 10.6. The van der Waals surface area contributed by atoms with E-state index in [1.54, 1.807) is 11.1 Å². The van der Waals surface area contributed by atoms with E-state index < -0.39 is 20.8 Å². The summed E-state index contributed by atoms with van der Waals surface area (Å²) in [4.78, 5) is 0. The first-order valence-electron chi connectivity index (χ1n) is 8.99. The van der Waals surface area contributed by atoms with Crippen LogP contribution < -0.4 is 5.01 Å². The minimum absolute atomic E-state index is 0.171. The molecule has 0 aliphatic carbocycles. The van der Waals surface area contributed by atoms with E-state index in [2.05, 4.69) is 31.1 Å². The van der Waals surface area contributed by atoms with Gasteiger partial charge in [0.2, 0.25) is 0 Å². The van der Waals surface area contributed by atoms with Gasteiger partial charge in [0, 0.05) is 5.56 Å². The molecule has 0 spiro atoms. The molecule has 0 bridgehead atoms. The van der Waals surface area contributed by atoms with E-state index in [9.17, 15) is 5.11 Å². The topological polar surface area (TPSA) is 48.2 Å². The van der Waals surface area contributed by atoms with Crippen molar-refractivity contribution in [1.29, 1.82) is 0 Å². The summed E-state index contributed by atoms with van der Waals surface area (Å²) >= 11 is -0.826. The summed E-state index contributed by atoms with van der Waals surface area (Å²) in [6.07, 6.45) is 0. The van der Waals surface area contributed by atoms with Gasteiger partial charge in [0.25, 0.3) is 0 Å². The van der Waals surface area contributed by atoms with E-state index in [4.69, 9.17) is 17.0 Å². The first kappa shape index (κ1) is 23.6. The van der Waals surface area contributed by atoms with Gasteiger partial charge in [0.1, 0.15) is 11.4 Å². The maximum absolute atomic E-state index is 10.6. The number of phenolic OH excluding ortho intramolecular Hbond substituents is 1. The molecule has 0 radical (unpaired) electrons. The second kappa shape index (κ2) is 11.5. The number of anilines is 2. The second-order valence-corrected chi connectivity index (χ2v) is 10.9. The van der Waals surface area contributed by atoms with Crippen LogP contribution in [0.1, 0.15) is 26.3 Å². The zero-order valence-corrected chi connectivity index (χ0v) is 20.5. The standard InChI is InChI=1S/C22H23N3O.2ClH.Zr/c1-22(2,3)19-15-10-16-20(21(19)26)23-24-25(17-11-6-4-7-12-17)18-13-8-5-9-14-18;;;/h4-16,26H,1-3H3;2*1H;/q;;;+2/p-2. The molecule has 0 fully saturated rings. The SMILES string of the molecule is CC(C)(C)c1cccc(N=NN(c2ccccc2)c2ccccc2)c1O.[Cl][Zr][Cl]. The van der Waals surface area contributed by atoms with E-state index in [-0.39, 0.29) is 11.2 Å². The van der Waals surface area contributed by atoms with Gasteiger partial charge in [-0.1, -0.05) is 74.5 Å². The Morgan fingerprint density at radius 3 is 1.72 bits per heavy atom. The molecule has 7 heteroatoms. The Kier molecular flexibility index (Phi) is 9.35. The fourth-order valence-electron chi connectivity index (χ4n) is 2.70. The van der Waals surface area contributed by atoms with Crippen LogP contribution in [0.2, 0.25) is 0 Å². The van der Waals surface area contributed by atoms with E-state index >= 15 is 0 Å². The normalized spacial score (nSPS) is 10.9. The summed E-state index contributed by atoms with van der Waals surface area (Å²) in [5, 5.41) is 21.1. The van der Waals surface area contributed by atoms with Crippen LogP contribution in [0.5, 0.6) is 5.75 Å². The number of nitrogens with zero attached hydrogens (tertiary/aromatic N) is 3. The molecule has 0 atom stereocenters. The van der Waals surface area contributed by atoms with Crippen LogP contribution in [0.4, 0.5) is 17.1 Å². The summed E-state index contributed by atoms with van der Waals surface area (Å²) in [6.45, 7) is 6.18. The van der Waals surface area contributed by atoms with E-state index in [1.807, 2.05) is 72.8 Å². The third-order valence-corrected chi connectivity index (χ3v) is 4.07. The molecule has 0 saturated carbocycles. The summed E-state index contributed by atoms with van der Waals surface area (Å²) in [6, 6.07) is 25.2. The first-order chi connectivity index (χ1) is 13.9. The Bertz CT molecular complexity index is 877. The molecule has 29 heavy (non-hydrogen) atoms. The third-order valence-electron chi connectivity index (χ3n) is 4.07. The Morgan fingerprint density at radius 1 is 0.793 bits per heavy atom. The molecule has 150 valence electrons. The van der Waals surface area contributed by atoms with Crippen molar-refractivity contribution in [3.05, 3.63) is 84.4 Å². The number of hydrogen-bond acceptors (Lipinski definition) is 3. The van der Waals surface area contributed by atoms with Crippen LogP contribution in [0.15, 0.2) is 89.2 Å². The Labute approximate surface area is 190 Å². The molecule has 0 unspecified atom stereocenters. The zero-order valence-electron chi connectivity index (χ0n) is 16.6. The molecule has 3 aromatic rings. The third kappa shape index (κ3) is 6.95. The van der Waals surface area contributed by atoms with Gasteiger partial charge in [-0.2, -0.15) is 0 Å². The number of para-hydroxylation sites is 3. The molecule has 0 saturated heterocycles. The van der Waals surface area contributed by atoms with Crippen molar-refractivity contribution in [2.45, 2.75) is 26.2 Å². The van der Waals surface area contributed by atoms with Crippen molar-refractivity contribution in [2.75, 3.05) is 5.01 Å². The zero-order chi connectivity index (χ0) is 21.3. The van der Waals surface area contributed by atoms with Gasteiger partial charge in [-0.25, -0.2) is 5.01 Å². The summed E-state index contributed by atoms with van der Waals surface area (Å²) in [5.41, 5.74) is 2.92. The van der Waals surface area contributed by atoms with Crippen LogP contribution >= 0.6 is 17.0 Å². The van der Waals surface area contributed by atoms with Crippen molar-refractivity contribution < 1.29 is 26.0 Å². The average molecular weight is 508 g/mol. The van der Waals surface area contributed by atoms with Crippen molar-refractivity contribution in [2.24, 2.45) is 10.3 Å². The average Bonchev–Trinajstić information content (AvgIpc) is 2.71. The van der Waals surface area contributed by atoms with Gasteiger partial charge >= 0.3 is 37.9 Å². The predicted molar refractivity (Wildman–Crippen MR) is 118 cm³/mol. The molecule has 0 aliphatic rings.